The van der Waals surface area contributed by atoms with Crippen LogP contribution in [0.15, 0.2) is 36.7 Å². The summed E-state index contributed by atoms with van der Waals surface area (Å²) in [5.41, 5.74) is 2.50. The summed E-state index contributed by atoms with van der Waals surface area (Å²) in [5, 5.41) is 11.7. The third kappa shape index (κ3) is 3.94. The SMILES string of the molecule is Cc1ccc(C(=O)NCC(=O)NCc2cn[nH]c2)cc1. The summed E-state index contributed by atoms with van der Waals surface area (Å²) in [7, 11) is 0. The standard InChI is InChI=1S/C14H16N4O2/c1-10-2-4-12(5-3-10)14(20)16-9-13(19)15-6-11-7-17-18-8-11/h2-5,7-8H,6,9H2,1H3,(H,15,19)(H,16,20)(H,17,18). The average molecular weight is 272 g/mol. The topological polar surface area (TPSA) is 86.9 Å². The van der Waals surface area contributed by atoms with Crippen LogP contribution < -0.4 is 10.6 Å². The minimum Gasteiger partial charge on any atom is -0.350 e. The van der Waals surface area contributed by atoms with Gasteiger partial charge >= 0.3 is 0 Å². The van der Waals surface area contributed by atoms with Crippen molar-refractivity contribution in [3.63, 3.8) is 0 Å². The van der Waals surface area contributed by atoms with Crippen LogP contribution in [0.25, 0.3) is 0 Å². The highest BCUT2D eigenvalue weighted by atomic mass is 16.2. The first-order chi connectivity index (χ1) is 9.65. The summed E-state index contributed by atoms with van der Waals surface area (Å²) in [6, 6.07) is 7.17. The van der Waals surface area contributed by atoms with E-state index in [2.05, 4.69) is 20.8 Å². The molecule has 104 valence electrons. The number of amides is 2. The van der Waals surface area contributed by atoms with E-state index < -0.39 is 0 Å². The lowest BCUT2D eigenvalue weighted by Crippen LogP contribution is -2.36. The minimum absolute atomic E-state index is 0.0510. The summed E-state index contributed by atoms with van der Waals surface area (Å²) < 4.78 is 0. The van der Waals surface area contributed by atoms with Crippen molar-refractivity contribution in [2.45, 2.75) is 13.5 Å². The van der Waals surface area contributed by atoms with E-state index in [1.54, 1.807) is 24.5 Å². The number of aromatic nitrogens is 2. The van der Waals surface area contributed by atoms with Crippen LogP contribution in [0, 0.1) is 6.92 Å². The van der Waals surface area contributed by atoms with Gasteiger partial charge in [-0.25, -0.2) is 0 Å². The van der Waals surface area contributed by atoms with Crippen LogP contribution in [-0.4, -0.2) is 28.6 Å². The van der Waals surface area contributed by atoms with E-state index in [1.807, 2.05) is 19.1 Å². The fourth-order valence-corrected chi connectivity index (χ4v) is 1.61. The molecule has 20 heavy (non-hydrogen) atoms. The van der Waals surface area contributed by atoms with Crippen LogP contribution in [0.3, 0.4) is 0 Å². The van der Waals surface area contributed by atoms with Crippen molar-refractivity contribution in [2.75, 3.05) is 6.54 Å². The van der Waals surface area contributed by atoms with E-state index in [9.17, 15) is 9.59 Å². The van der Waals surface area contributed by atoms with E-state index in [0.29, 0.717) is 12.1 Å². The molecule has 0 saturated carbocycles. The van der Waals surface area contributed by atoms with Crippen LogP contribution in [0.5, 0.6) is 0 Å². The second-order valence-electron chi connectivity index (χ2n) is 4.43. The number of hydrogen-bond donors (Lipinski definition) is 3. The molecule has 0 aliphatic heterocycles. The molecule has 3 N–H and O–H groups in total. The van der Waals surface area contributed by atoms with E-state index in [4.69, 9.17) is 0 Å². The zero-order valence-corrected chi connectivity index (χ0v) is 11.1. The van der Waals surface area contributed by atoms with Crippen molar-refractivity contribution in [3.05, 3.63) is 53.3 Å². The van der Waals surface area contributed by atoms with Crippen molar-refractivity contribution in [1.82, 2.24) is 20.8 Å². The van der Waals surface area contributed by atoms with Crippen LogP contribution in [0.4, 0.5) is 0 Å². The number of nitrogens with zero attached hydrogens (tertiary/aromatic N) is 1. The number of nitrogens with one attached hydrogen (secondary N) is 3. The zero-order valence-electron chi connectivity index (χ0n) is 11.1. The number of carbonyl (C=O) groups is 2. The summed E-state index contributed by atoms with van der Waals surface area (Å²) in [6.07, 6.45) is 3.33. The smallest absolute Gasteiger partial charge is 0.251 e. The average Bonchev–Trinajstić information content (AvgIpc) is 2.96. The van der Waals surface area contributed by atoms with Crippen LogP contribution in [0.1, 0.15) is 21.5 Å². The first-order valence-corrected chi connectivity index (χ1v) is 6.24. The van der Waals surface area contributed by atoms with Crippen molar-refractivity contribution in [2.24, 2.45) is 0 Å². The van der Waals surface area contributed by atoms with Crippen molar-refractivity contribution in [1.29, 1.82) is 0 Å². The molecule has 1 heterocycles. The molecule has 0 aliphatic rings. The molecule has 2 aromatic rings. The molecule has 2 amide bonds. The predicted octanol–water partition coefficient (Wildman–Crippen LogP) is 0.764. The quantitative estimate of drug-likeness (QED) is 0.751. The summed E-state index contributed by atoms with van der Waals surface area (Å²) in [4.78, 5) is 23.4. The maximum Gasteiger partial charge on any atom is 0.251 e. The Morgan fingerprint density at radius 3 is 2.60 bits per heavy atom. The molecule has 0 unspecified atom stereocenters. The predicted molar refractivity (Wildman–Crippen MR) is 73.9 cm³/mol. The third-order valence-electron chi connectivity index (χ3n) is 2.77. The molecule has 6 heteroatoms. The number of aromatic amines is 1. The Hall–Kier alpha value is -2.63. The fraction of sp³-hybridized carbons (Fsp3) is 0.214. The van der Waals surface area contributed by atoms with Gasteiger partial charge in [-0.2, -0.15) is 5.10 Å². The Bertz CT molecular complexity index is 576. The largest absolute Gasteiger partial charge is 0.350 e. The lowest BCUT2D eigenvalue weighted by atomic mass is 10.1. The third-order valence-corrected chi connectivity index (χ3v) is 2.77. The van der Waals surface area contributed by atoms with Gasteiger partial charge in [0.2, 0.25) is 5.91 Å². The van der Waals surface area contributed by atoms with Crippen LogP contribution >= 0.6 is 0 Å². The van der Waals surface area contributed by atoms with E-state index in [-0.39, 0.29) is 18.4 Å². The molecule has 0 fully saturated rings. The molecule has 1 aromatic carbocycles. The zero-order chi connectivity index (χ0) is 14.4. The highest BCUT2D eigenvalue weighted by molar-refractivity contribution is 5.96. The minimum atomic E-state index is -0.261. The summed E-state index contributed by atoms with van der Waals surface area (Å²) in [6.45, 7) is 2.28. The second-order valence-corrected chi connectivity index (χ2v) is 4.43. The highest BCUT2D eigenvalue weighted by Gasteiger charge is 2.07. The molecule has 6 nitrogen and oxygen atoms in total. The van der Waals surface area contributed by atoms with Gasteiger partial charge in [0.1, 0.15) is 0 Å². The van der Waals surface area contributed by atoms with E-state index in [1.165, 1.54) is 0 Å². The van der Waals surface area contributed by atoms with Gasteiger partial charge in [-0.1, -0.05) is 17.7 Å². The highest BCUT2D eigenvalue weighted by Crippen LogP contribution is 2.02. The first-order valence-electron chi connectivity index (χ1n) is 6.24. The molecule has 0 radical (unpaired) electrons. The Balaban J connectivity index is 1.75. The first kappa shape index (κ1) is 13.8. The number of carbonyl (C=O) groups excluding carboxylic acids is 2. The number of benzene rings is 1. The van der Waals surface area contributed by atoms with Gasteiger partial charge in [-0.15, -0.1) is 0 Å². The number of H-pyrrole nitrogens is 1. The van der Waals surface area contributed by atoms with Gasteiger partial charge in [0.05, 0.1) is 12.7 Å². The molecular formula is C14H16N4O2. The maximum absolute atomic E-state index is 11.8. The van der Waals surface area contributed by atoms with E-state index in [0.717, 1.165) is 11.1 Å². The summed E-state index contributed by atoms with van der Waals surface area (Å²) in [5.74, 6) is -0.505. The molecular weight excluding hydrogens is 256 g/mol. The lowest BCUT2D eigenvalue weighted by molar-refractivity contribution is -0.120. The molecule has 0 atom stereocenters. The molecule has 0 bridgehead atoms. The van der Waals surface area contributed by atoms with Gasteiger partial charge in [-0.3, -0.25) is 14.7 Å². The van der Waals surface area contributed by atoms with Gasteiger partial charge in [-0.05, 0) is 19.1 Å². The number of hydrogen-bond acceptors (Lipinski definition) is 3. The fourth-order valence-electron chi connectivity index (χ4n) is 1.61. The van der Waals surface area contributed by atoms with Crippen molar-refractivity contribution < 1.29 is 9.59 Å². The molecule has 1 aromatic heterocycles. The lowest BCUT2D eigenvalue weighted by Gasteiger charge is -2.06. The van der Waals surface area contributed by atoms with Crippen LogP contribution in [0.2, 0.25) is 0 Å². The van der Waals surface area contributed by atoms with Crippen LogP contribution in [-0.2, 0) is 11.3 Å². The molecule has 2 rings (SSSR count). The van der Waals surface area contributed by atoms with E-state index >= 15 is 0 Å². The summed E-state index contributed by atoms with van der Waals surface area (Å²) >= 11 is 0. The monoisotopic (exact) mass is 272 g/mol. The molecule has 0 aliphatic carbocycles. The number of rotatable bonds is 5. The van der Waals surface area contributed by atoms with Gasteiger partial charge in [0.25, 0.3) is 5.91 Å². The van der Waals surface area contributed by atoms with Gasteiger partial charge in [0, 0.05) is 23.9 Å². The van der Waals surface area contributed by atoms with Gasteiger partial charge in [0.15, 0.2) is 0 Å². The maximum atomic E-state index is 11.8. The Morgan fingerprint density at radius 2 is 1.95 bits per heavy atom. The Morgan fingerprint density at radius 1 is 1.20 bits per heavy atom. The molecule has 0 saturated heterocycles. The normalized spacial score (nSPS) is 10.1. The van der Waals surface area contributed by atoms with Crippen molar-refractivity contribution >= 4 is 11.8 Å². The number of aryl methyl sites for hydroxylation is 1. The van der Waals surface area contributed by atoms with Gasteiger partial charge < -0.3 is 10.6 Å². The second kappa shape index (κ2) is 6.51. The Labute approximate surface area is 116 Å². The molecule has 0 spiro atoms. The van der Waals surface area contributed by atoms with Crippen molar-refractivity contribution in [3.8, 4) is 0 Å². The Kier molecular flexibility index (Phi) is 4.49.